The Hall–Kier alpha value is -1.14. The Morgan fingerprint density at radius 1 is 1.35 bits per heavy atom. The first-order valence-corrected chi connectivity index (χ1v) is 8.59. The number of hydrogen-bond acceptors (Lipinski definition) is 4. The lowest BCUT2D eigenvalue weighted by Gasteiger charge is -2.11. The van der Waals surface area contributed by atoms with Crippen molar-refractivity contribution in [2.45, 2.75) is 23.5 Å². The van der Waals surface area contributed by atoms with Crippen LogP contribution in [0.25, 0.3) is 0 Å². The number of benzene rings is 1. The van der Waals surface area contributed by atoms with E-state index < -0.39 is 11.2 Å². The van der Waals surface area contributed by atoms with Crippen molar-refractivity contribution in [1.29, 1.82) is 0 Å². The third kappa shape index (κ3) is 5.46. The number of carbonyl (C=O) groups excluding carboxylic acids is 1. The Morgan fingerprint density at radius 2 is 2.05 bits per heavy atom. The average molecular weight is 313 g/mol. The van der Waals surface area contributed by atoms with E-state index in [0.717, 1.165) is 12.2 Å². The van der Waals surface area contributed by atoms with Crippen molar-refractivity contribution in [3.05, 3.63) is 29.8 Å². The minimum atomic E-state index is -0.884. The Kier molecular flexibility index (Phi) is 7.54. The van der Waals surface area contributed by atoms with Gasteiger partial charge >= 0.3 is 5.97 Å². The average Bonchev–Trinajstić information content (AvgIpc) is 2.43. The molecule has 110 valence electrons. The topological polar surface area (TPSA) is 66.4 Å². The van der Waals surface area contributed by atoms with Crippen LogP contribution >= 0.6 is 23.5 Å². The van der Waals surface area contributed by atoms with Crippen LogP contribution in [-0.2, 0) is 4.79 Å². The van der Waals surface area contributed by atoms with Crippen molar-refractivity contribution in [3.8, 4) is 0 Å². The number of hydrogen-bond donors (Lipinski definition) is 2. The molecule has 0 fully saturated rings. The molecule has 4 nitrogen and oxygen atoms in total. The zero-order chi connectivity index (χ0) is 15.0. The number of amides is 1. The largest absolute Gasteiger partial charge is 0.480 e. The van der Waals surface area contributed by atoms with Gasteiger partial charge in [-0.2, -0.15) is 11.8 Å². The Bertz CT molecular complexity index is 465. The molecule has 0 bridgehead atoms. The molecular weight excluding hydrogens is 294 g/mol. The first kappa shape index (κ1) is 16.9. The molecule has 0 aromatic heterocycles. The highest BCUT2D eigenvalue weighted by molar-refractivity contribution is 8.00. The fourth-order valence-corrected chi connectivity index (χ4v) is 2.87. The second-order valence-electron chi connectivity index (χ2n) is 4.20. The van der Waals surface area contributed by atoms with Crippen molar-refractivity contribution in [3.63, 3.8) is 0 Å². The standard InChI is InChI=1S/C14H19NO3S2/c1-10(14(17)18)20-12-7-4-3-6-11(12)13(16)15-8-5-9-19-2/h3-4,6-7,10H,5,8-9H2,1-2H3,(H,15,16)(H,17,18). The van der Waals surface area contributed by atoms with E-state index in [0.29, 0.717) is 17.0 Å². The molecule has 20 heavy (non-hydrogen) atoms. The van der Waals surface area contributed by atoms with E-state index in [1.54, 1.807) is 43.0 Å². The van der Waals surface area contributed by atoms with Gasteiger partial charge in [0, 0.05) is 11.4 Å². The van der Waals surface area contributed by atoms with Crippen molar-refractivity contribution >= 4 is 35.4 Å². The van der Waals surface area contributed by atoms with Gasteiger partial charge < -0.3 is 10.4 Å². The zero-order valence-corrected chi connectivity index (χ0v) is 13.2. The molecule has 0 saturated heterocycles. The fourth-order valence-electron chi connectivity index (χ4n) is 1.51. The Morgan fingerprint density at radius 3 is 2.70 bits per heavy atom. The molecule has 1 unspecified atom stereocenters. The third-order valence-corrected chi connectivity index (χ3v) is 4.46. The van der Waals surface area contributed by atoms with Gasteiger partial charge in [0.1, 0.15) is 5.25 Å². The summed E-state index contributed by atoms with van der Waals surface area (Å²) in [5, 5.41) is 11.2. The van der Waals surface area contributed by atoms with Gasteiger partial charge in [-0.1, -0.05) is 12.1 Å². The van der Waals surface area contributed by atoms with Crippen LogP contribution in [0.4, 0.5) is 0 Å². The zero-order valence-electron chi connectivity index (χ0n) is 11.6. The van der Waals surface area contributed by atoms with Crippen LogP contribution in [-0.4, -0.2) is 40.8 Å². The molecule has 0 aliphatic carbocycles. The number of thioether (sulfide) groups is 2. The van der Waals surface area contributed by atoms with Crippen molar-refractivity contribution in [2.24, 2.45) is 0 Å². The van der Waals surface area contributed by atoms with Crippen LogP contribution in [0.5, 0.6) is 0 Å². The summed E-state index contributed by atoms with van der Waals surface area (Å²) < 4.78 is 0. The first-order chi connectivity index (χ1) is 9.56. The summed E-state index contributed by atoms with van der Waals surface area (Å²) in [5.41, 5.74) is 0.537. The predicted octanol–water partition coefficient (Wildman–Crippen LogP) is 2.73. The van der Waals surface area contributed by atoms with Gasteiger partial charge in [-0.05, 0) is 37.5 Å². The van der Waals surface area contributed by atoms with Crippen LogP contribution in [0.1, 0.15) is 23.7 Å². The first-order valence-electron chi connectivity index (χ1n) is 6.32. The minimum absolute atomic E-state index is 0.146. The van der Waals surface area contributed by atoms with Gasteiger partial charge in [0.15, 0.2) is 0 Å². The van der Waals surface area contributed by atoms with E-state index in [1.165, 1.54) is 11.8 Å². The number of carboxylic acids is 1. The summed E-state index contributed by atoms with van der Waals surface area (Å²) in [4.78, 5) is 23.7. The summed E-state index contributed by atoms with van der Waals surface area (Å²) in [6, 6.07) is 7.09. The second-order valence-corrected chi connectivity index (χ2v) is 6.56. The summed E-state index contributed by atoms with van der Waals surface area (Å²) in [7, 11) is 0. The maximum Gasteiger partial charge on any atom is 0.316 e. The predicted molar refractivity (Wildman–Crippen MR) is 84.7 cm³/mol. The normalized spacial score (nSPS) is 11.9. The lowest BCUT2D eigenvalue weighted by Crippen LogP contribution is -2.25. The summed E-state index contributed by atoms with van der Waals surface area (Å²) >= 11 is 2.93. The molecule has 1 aromatic carbocycles. The van der Waals surface area contributed by atoms with E-state index in [2.05, 4.69) is 5.32 Å². The van der Waals surface area contributed by atoms with Crippen molar-refractivity contribution in [1.82, 2.24) is 5.32 Å². The number of carboxylic acid groups (broad SMARTS) is 1. The van der Waals surface area contributed by atoms with E-state index in [9.17, 15) is 9.59 Å². The van der Waals surface area contributed by atoms with E-state index in [-0.39, 0.29) is 5.91 Å². The Labute approximate surface area is 127 Å². The number of rotatable bonds is 8. The molecule has 1 atom stereocenters. The van der Waals surface area contributed by atoms with Crippen molar-refractivity contribution < 1.29 is 14.7 Å². The SMILES string of the molecule is CSCCCNC(=O)c1ccccc1SC(C)C(=O)O. The molecule has 0 heterocycles. The van der Waals surface area contributed by atoms with E-state index in [1.807, 2.05) is 6.26 Å². The van der Waals surface area contributed by atoms with Gasteiger partial charge in [-0.15, -0.1) is 11.8 Å². The lowest BCUT2D eigenvalue weighted by molar-refractivity contribution is -0.136. The van der Waals surface area contributed by atoms with Crippen LogP contribution in [0.3, 0.4) is 0 Å². The third-order valence-electron chi connectivity index (χ3n) is 2.59. The summed E-state index contributed by atoms with van der Waals surface area (Å²) in [6.45, 7) is 2.24. The number of carbonyl (C=O) groups is 2. The van der Waals surface area contributed by atoms with Gasteiger partial charge in [-0.3, -0.25) is 9.59 Å². The van der Waals surface area contributed by atoms with Crippen LogP contribution in [0.2, 0.25) is 0 Å². The molecule has 0 aliphatic heterocycles. The molecule has 0 aliphatic rings. The second kappa shape index (κ2) is 8.92. The van der Waals surface area contributed by atoms with E-state index >= 15 is 0 Å². The van der Waals surface area contributed by atoms with Gasteiger partial charge in [0.2, 0.25) is 0 Å². The molecule has 2 N–H and O–H groups in total. The Balaban J connectivity index is 2.69. The highest BCUT2D eigenvalue weighted by Gasteiger charge is 2.17. The molecule has 0 spiro atoms. The van der Waals surface area contributed by atoms with Crippen molar-refractivity contribution in [2.75, 3.05) is 18.6 Å². The number of nitrogens with one attached hydrogen (secondary N) is 1. The molecule has 1 amide bonds. The summed E-state index contributed by atoms with van der Waals surface area (Å²) in [5.74, 6) is -0.0239. The highest BCUT2D eigenvalue weighted by Crippen LogP contribution is 2.26. The van der Waals surface area contributed by atoms with Gasteiger partial charge in [-0.25, -0.2) is 0 Å². The fraction of sp³-hybridized carbons (Fsp3) is 0.429. The molecule has 6 heteroatoms. The number of aliphatic carboxylic acids is 1. The molecular formula is C14H19NO3S2. The van der Waals surface area contributed by atoms with Crippen LogP contribution in [0, 0.1) is 0 Å². The lowest BCUT2D eigenvalue weighted by atomic mass is 10.2. The maximum atomic E-state index is 12.1. The highest BCUT2D eigenvalue weighted by atomic mass is 32.2. The van der Waals surface area contributed by atoms with Crippen LogP contribution in [0.15, 0.2) is 29.2 Å². The smallest absolute Gasteiger partial charge is 0.316 e. The van der Waals surface area contributed by atoms with Crippen LogP contribution < -0.4 is 5.32 Å². The van der Waals surface area contributed by atoms with Gasteiger partial charge in [0.25, 0.3) is 5.91 Å². The molecule has 0 radical (unpaired) electrons. The van der Waals surface area contributed by atoms with Gasteiger partial charge in [0.05, 0.1) is 5.56 Å². The minimum Gasteiger partial charge on any atom is -0.480 e. The maximum absolute atomic E-state index is 12.1. The van der Waals surface area contributed by atoms with E-state index in [4.69, 9.17) is 5.11 Å². The quantitative estimate of drug-likeness (QED) is 0.570. The molecule has 0 saturated carbocycles. The summed E-state index contributed by atoms with van der Waals surface area (Å²) in [6.07, 6.45) is 2.95. The monoisotopic (exact) mass is 313 g/mol. The molecule has 1 aromatic rings. The molecule has 1 rings (SSSR count).